The van der Waals surface area contributed by atoms with Crippen LogP contribution < -0.4 is 5.32 Å². The van der Waals surface area contributed by atoms with Gasteiger partial charge < -0.3 is 14.7 Å². The second kappa shape index (κ2) is 6.88. The van der Waals surface area contributed by atoms with Crippen LogP contribution in [-0.4, -0.2) is 47.2 Å². The van der Waals surface area contributed by atoms with Crippen molar-refractivity contribution in [2.24, 2.45) is 0 Å². The van der Waals surface area contributed by atoms with Gasteiger partial charge in [-0.15, -0.1) is 0 Å². The van der Waals surface area contributed by atoms with Gasteiger partial charge in [-0.3, -0.25) is 4.90 Å². The molecular weight excluding hydrogens is 316 g/mol. The number of carbonyl (C=O) groups is 1. The second-order valence-corrected chi connectivity index (χ2v) is 6.96. The first kappa shape index (κ1) is 16.1. The Morgan fingerprint density at radius 3 is 2.72 bits per heavy atom. The van der Waals surface area contributed by atoms with E-state index in [0.717, 1.165) is 62.7 Å². The summed E-state index contributed by atoms with van der Waals surface area (Å²) in [5, 5.41) is 7.09. The van der Waals surface area contributed by atoms with Crippen molar-refractivity contribution in [1.82, 2.24) is 15.0 Å². The summed E-state index contributed by atoms with van der Waals surface area (Å²) in [6.45, 7) is 5.84. The van der Waals surface area contributed by atoms with E-state index in [0.29, 0.717) is 0 Å². The molecule has 0 unspecified atom stereocenters. The van der Waals surface area contributed by atoms with Gasteiger partial charge in [0.25, 0.3) is 0 Å². The van der Waals surface area contributed by atoms with E-state index in [9.17, 15) is 4.79 Å². The van der Waals surface area contributed by atoms with Gasteiger partial charge >= 0.3 is 6.03 Å². The molecule has 1 aliphatic heterocycles. The van der Waals surface area contributed by atoms with Gasteiger partial charge in [0.2, 0.25) is 0 Å². The molecule has 1 saturated heterocycles. The highest BCUT2D eigenvalue weighted by Crippen LogP contribution is 2.25. The zero-order valence-corrected chi connectivity index (χ0v) is 14.6. The number of fused-ring (bicyclic) bond motifs is 1. The summed E-state index contributed by atoms with van der Waals surface area (Å²) in [6, 6.07) is 8.26. The molecule has 1 fully saturated rings. The Kier molecular flexibility index (Phi) is 4.44. The summed E-state index contributed by atoms with van der Waals surface area (Å²) in [5.41, 5.74) is 4.67. The number of aryl methyl sites for hydroxylation is 3. The van der Waals surface area contributed by atoms with Crippen LogP contribution in [0.3, 0.4) is 0 Å². The highest BCUT2D eigenvalue weighted by molar-refractivity contribution is 5.89. The number of piperazine rings is 1. The van der Waals surface area contributed by atoms with Crippen molar-refractivity contribution in [3.8, 4) is 0 Å². The third-order valence-electron chi connectivity index (χ3n) is 5.07. The van der Waals surface area contributed by atoms with Gasteiger partial charge in [0.15, 0.2) is 0 Å². The summed E-state index contributed by atoms with van der Waals surface area (Å²) in [4.78, 5) is 16.7. The fraction of sp³-hybridized carbons (Fsp3) is 0.474. The zero-order chi connectivity index (χ0) is 17.2. The second-order valence-electron chi connectivity index (χ2n) is 6.96. The SMILES string of the molecule is Cc1cc(CN2CCN(C(=O)Nc3ccc4c(c3)CCC4)CC2)no1. The Morgan fingerprint density at radius 1 is 1.16 bits per heavy atom. The molecule has 0 spiro atoms. The third-order valence-corrected chi connectivity index (χ3v) is 5.07. The first-order chi connectivity index (χ1) is 12.2. The maximum atomic E-state index is 12.5. The molecule has 1 aromatic heterocycles. The maximum Gasteiger partial charge on any atom is 0.321 e. The summed E-state index contributed by atoms with van der Waals surface area (Å²) < 4.78 is 5.11. The number of hydrogen-bond donors (Lipinski definition) is 1. The fourth-order valence-corrected chi connectivity index (χ4v) is 3.68. The lowest BCUT2D eigenvalue weighted by atomic mass is 10.1. The summed E-state index contributed by atoms with van der Waals surface area (Å²) in [5.74, 6) is 0.836. The first-order valence-corrected chi connectivity index (χ1v) is 9.00. The van der Waals surface area contributed by atoms with E-state index in [-0.39, 0.29) is 6.03 Å². The monoisotopic (exact) mass is 340 g/mol. The molecule has 2 aliphatic rings. The lowest BCUT2D eigenvalue weighted by Crippen LogP contribution is -2.49. The number of amides is 2. The number of benzene rings is 1. The maximum absolute atomic E-state index is 12.5. The normalized spacial score (nSPS) is 17.6. The molecule has 0 bridgehead atoms. The Hall–Kier alpha value is -2.34. The van der Waals surface area contributed by atoms with Crippen LogP contribution >= 0.6 is 0 Å². The molecule has 0 saturated carbocycles. The number of carbonyl (C=O) groups excluding carboxylic acids is 1. The van der Waals surface area contributed by atoms with E-state index in [2.05, 4.69) is 27.5 Å². The van der Waals surface area contributed by atoms with Crippen LogP contribution in [0.25, 0.3) is 0 Å². The lowest BCUT2D eigenvalue weighted by Gasteiger charge is -2.34. The Bertz CT molecular complexity index is 763. The fourth-order valence-electron chi connectivity index (χ4n) is 3.68. The first-order valence-electron chi connectivity index (χ1n) is 9.00. The van der Waals surface area contributed by atoms with Crippen molar-refractivity contribution in [2.75, 3.05) is 31.5 Å². The van der Waals surface area contributed by atoms with Crippen molar-refractivity contribution in [1.29, 1.82) is 0 Å². The molecule has 0 radical (unpaired) electrons. The average Bonchev–Trinajstić information content (AvgIpc) is 3.24. The molecule has 2 aromatic rings. The summed E-state index contributed by atoms with van der Waals surface area (Å²) in [7, 11) is 0. The number of urea groups is 1. The minimum Gasteiger partial charge on any atom is -0.361 e. The van der Waals surface area contributed by atoms with Crippen LogP contribution in [0.1, 0.15) is 29.0 Å². The highest BCUT2D eigenvalue weighted by atomic mass is 16.5. The smallest absolute Gasteiger partial charge is 0.321 e. The standard InChI is InChI=1S/C19H24N4O2/c1-14-11-18(21-25-14)13-22-7-9-23(10-8-22)19(24)20-17-6-5-15-3-2-4-16(15)12-17/h5-6,11-12H,2-4,7-10,13H2,1H3,(H,20,24). The van der Waals surface area contributed by atoms with Gasteiger partial charge in [-0.25, -0.2) is 4.79 Å². The third kappa shape index (κ3) is 3.69. The molecule has 1 aromatic carbocycles. The van der Waals surface area contributed by atoms with Crippen LogP contribution in [0.5, 0.6) is 0 Å². The minimum atomic E-state index is -0.00474. The van der Waals surface area contributed by atoms with Crippen molar-refractivity contribution >= 4 is 11.7 Å². The molecule has 6 heteroatoms. The van der Waals surface area contributed by atoms with E-state index in [1.807, 2.05) is 24.0 Å². The summed E-state index contributed by atoms with van der Waals surface area (Å²) >= 11 is 0. The van der Waals surface area contributed by atoms with Crippen molar-refractivity contribution in [3.05, 3.63) is 46.8 Å². The van der Waals surface area contributed by atoms with E-state index >= 15 is 0 Å². The van der Waals surface area contributed by atoms with Crippen molar-refractivity contribution < 1.29 is 9.32 Å². The predicted molar refractivity (Wildman–Crippen MR) is 95.6 cm³/mol. The van der Waals surface area contributed by atoms with E-state index in [1.54, 1.807) is 0 Å². The van der Waals surface area contributed by atoms with Crippen molar-refractivity contribution in [3.63, 3.8) is 0 Å². The van der Waals surface area contributed by atoms with Crippen LogP contribution in [0.2, 0.25) is 0 Å². The highest BCUT2D eigenvalue weighted by Gasteiger charge is 2.22. The summed E-state index contributed by atoms with van der Waals surface area (Å²) in [6.07, 6.45) is 3.51. The number of nitrogens with one attached hydrogen (secondary N) is 1. The minimum absolute atomic E-state index is 0.00474. The lowest BCUT2D eigenvalue weighted by molar-refractivity contribution is 0.141. The molecule has 2 heterocycles. The van der Waals surface area contributed by atoms with Gasteiger partial charge in [-0.1, -0.05) is 11.2 Å². The average molecular weight is 340 g/mol. The molecule has 132 valence electrons. The van der Waals surface area contributed by atoms with E-state index < -0.39 is 0 Å². The van der Waals surface area contributed by atoms with Gasteiger partial charge in [-0.05, 0) is 49.4 Å². The Morgan fingerprint density at radius 2 is 1.96 bits per heavy atom. The molecule has 6 nitrogen and oxygen atoms in total. The number of anilines is 1. The number of aromatic nitrogens is 1. The Balaban J connectivity index is 1.29. The molecule has 1 aliphatic carbocycles. The molecule has 2 amide bonds. The quantitative estimate of drug-likeness (QED) is 0.933. The number of rotatable bonds is 3. The van der Waals surface area contributed by atoms with E-state index in [4.69, 9.17) is 4.52 Å². The molecule has 25 heavy (non-hydrogen) atoms. The van der Waals surface area contributed by atoms with Crippen LogP contribution in [0.15, 0.2) is 28.8 Å². The van der Waals surface area contributed by atoms with Gasteiger partial charge in [0.1, 0.15) is 5.76 Å². The van der Waals surface area contributed by atoms with Crippen molar-refractivity contribution in [2.45, 2.75) is 32.7 Å². The molecule has 0 atom stereocenters. The van der Waals surface area contributed by atoms with E-state index in [1.165, 1.54) is 17.5 Å². The van der Waals surface area contributed by atoms with Crippen LogP contribution in [-0.2, 0) is 19.4 Å². The zero-order valence-electron chi connectivity index (χ0n) is 14.6. The van der Waals surface area contributed by atoms with Crippen LogP contribution in [0.4, 0.5) is 10.5 Å². The van der Waals surface area contributed by atoms with Gasteiger partial charge in [-0.2, -0.15) is 0 Å². The number of nitrogens with zero attached hydrogens (tertiary/aromatic N) is 3. The molecule has 4 rings (SSSR count). The Labute approximate surface area is 147 Å². The number of hydrogen-bond acceptors (Lipinski definition) is 4. The van der Waals surface area contributed by atoms with Crippen LogP contribution in [0, 0.1) is 6.92 Å². The largest absolute Gasteiger partial charge is 0.361 e. The van der Waals surface area contributed by atoms with Gasteiger partial charge in [0, 0.05) is 44.5 Å². The topological polar surface area (TPSA) is 61.6 Å². The predicted octanol–water partition coefficient (Wildman–Crippen LogP) is 2.82. The molecular formula is C19H24N4O2. The van der Waals surface area contributed by atoms with Gasteiger partial charge in [0.05, 0.1) is 5.69 Å². The molecule has 1 N–H and O–H groups in total.